The molecule has 0 bridgehead atoms. The molecular formula is C18H22N4O2. The smallest absolute Gasteiger partial charge is 0.229 e. The summed E-state index contributed by atoms with van der Waals surface area (Å²) < 4.78 is 11.2. The Morgan fingerprint density at radius 3 is 2.62 bits per heavy atom. The normalized spacial score (nSPS) is 16.9. The van der Waals surface area contributed by atoms with Crippen LogP contribution in [0.2, 0.25) is 0 Å². The van der Waals surface area contributed by atoms with Gasteiger partial charge in [-0.3, -0.25) is 0 Å². The van der Waals surface area contributed by atoms with E-state index < -0.39 is 0 Å². The van der Waals surface area contributed by atoms with Gasteiger partial charge in [0.1, 0.15) is 19.0 Å². The van der Waals surface area contributed by atoms with Crippen LogP contribution in [0.3, 0.4) is 0 Å². The number of benzene rings is 1. The molecule has 1 fully saturated rings. The first-order chi connectivity index (χ1) is 11.8. The van der Waals surface area contributed by atoms with E-state index in [0.717, 1.165) is 28.7 Å². The Morgan fingerprint density at radius 2 is 1.79 bits per heavy atom. The van der Waals surface area contributed by atoms with Crippen molar-refractivity contribution in [3.05, 3.63) is 30.0 Å². The van der Waals surface area contributed by atoms with Gasteiger partial charge in [0.2, 0.25) is 5.95 Å². The zero-order chi connectivity index (χ0) is 16.4. The second-order valence-corrected chi connectivity index (χ2v) is 6.33. The van der Waals surface area contributed by atoms with Crippen molar-refractivity contribution < 1.29 is 9.47 Å². The van der Waals surface area contributed by atoms with Gasteiger partial charge >= 0.3 is 0 Å². The van der Waals surface area contributed by atoms with Gasteiger partial charge in [0.15, 0.2) is 11.5 Å². The quantitative estimate of drug-likeness (QED) is 0.894. The van der Waals surface area contributed by atoms with Gasteiger partial charge in [0, 0.05) is 29.6 Å². The number of aryl methyl sites for hydroxylation is 1. The van der Waals surface area contributed by atoms with E-state index in [4.69, 9.17) is 9.47 Å². The van der Waals surface area contributed by atoms with Crippen molar-refractivity contribution in [2.24, 2.45) is 0 Å². The summed E-state index contributed by atoms with van der Waals surface area (Å²) in [5.41, 5.74) is 1.82. The number of ether oxygens (including phenoxy) is 2. The highest BCUT2D eigenvalue weighted by Gasteiger charge is 2.16. The van der Waals surface area contributed by atoms with Crippen LogP contribution in [0.15, 0.2) is 24.3 Å². The Labute approximate surface area is 141 Å². The summed E-state index contributed by atoms with van der Waals surface area (Å²) in [7, 11) is 0. The molecule has 1 aliphatic heterocycles. The molecule has 2 aliphatic rings. The van der Waals surface area contributed by atoms with Gasteiger partial charge in [-0.2, -0.15) is 4.98 Å². The number of anilines is 3. The Kier molecular flexibility index (Phi) is 4.11. The van der Waals surface area contributed by atoms with E-state index in [-0.39, 0.29) is 0 Å². The molecule has 2 aromatic rings. The second-order valence-electron chi connectivity index (χ2n) is 6.33. The fourth-order valence-corrected chi connectivity index (χ4v) is 3.23. The first-order valence-corrected chi connectivity index (χ1v) is 8.55. The lowest BCUT2D eigenvalue weighted by Gasteiger charge is -2.19. The molecule has 0 unspecified atom stereocenters. The fraction of sp³-hybridized carbons (Fsp3) is 0.444. The zero-order valence-electron chi connectivity index (χ0n) is 13.8. The molecular weight excluding hydrogens is 304 g/mol. The summed E-state index contributed by atoms with van der Waals surface area (Å²) in [5.74, 6) is 3.00. The predicted octanol–water partition coefficient (Wildman–Crippen LogP) is 3.65. The maximum Gasteiger partial charge on any atom is 0.229 e. The van der Waals surface area contributed by atoms with Gasteiger partial charge in [-0.25, -0.2) is 4.98 Å². The largest absolute Gasteiger partial charge is 0.486 e. The summed E-state index contributed by atoms with van der Waals surface area (Å²) in [4.78, 5) is 9.08. The molecule has 0 amide bonds. The third-order valence-corrected chi connectivity index (χ3v) is 4.36. The highest BCUT2D eigenvalue weighted by molar-refractivity contribution is 5.61. The highest BCUT2D eigenvalue weighted by atomic mass is 16.6. The molecule has 4 rings (SSSR count). The lowest BCUT2D eigenvalue weighted by atomic mass is 10.2. The van der Waals surface area contributed by atoms with E-state index in [1.807, 2.05) is 31.2 Å². The molecule has 24 heavy (non-hydrogen) atoms. The topological polar surface area (TPSA) is 68.3 Å². The predicted molar refractivity (Wildman–Crippen MR) is 93.4 cm³/mol. The van der Waals surface area contributed by atoms with Crippen molar-refractivity contribution in [2.75, 3.05) is 23.8 Å². The zero-order valence-corrected chi connectivity index (χ0v) is 13.8. The number of fused-ring (bicyclic) bond motifs is 1. The van der Waals surface area contributed by atoms with E-state index in [9.17, 15) is 0 Å². The standard InChI is InChI=1S/C18H22N4O2/c1-12-10-17(20-13-4-2-3-5-13)22-18(19-12)21-14-6-7-15-16(11-14)24-9-8-23-15/h6-7,10-11,13H,2-5,8-9H2,1H3,(H2,19,20,21,22). The van der Waals surface area contributed by atoms with Crippen LogP contribution in [0.1, 0.15) is 31.4 Å². The number of nitrogens with one attached hydrogen (secondary N) is 2. The SMILES string of the molecule is Cc1cc(NC2CCCC2)nc(Nc2ccc3c(c2)OCCO3)n1. The van der Waals surface area contributed by atoms with Crippen LogP contribution in [-0.4, -0.2) is 29.2 Å². The van der Waals surface area contributed by atoms with Crippen molar-refractivity contribution >= 4 is 17.5 Å². The summed E-state index contributed by atoms with van der Waals surface area (Å²) >= 11 is 0. The minimum Gasteiger partial charge on any atom is -0.486 e. The highest BCUT2D eigenvalue weighted by Crippen LogP contribution is 2.33. The van der Waals surface area contributed by atoms with Crippen molar-refractivity contribution in [1.82, 2.24) is 9.97 Å². The van der Waals surface area contributed by atoms with Gasteiger partial charge in [0.25, 0.3) is 0 Å². The van der Waals surface area contributed by atoms with Crippen LogP contribution in [-0.2, 0) is 0 Å². The van der Waals surface area contributed by atoms with Crippen molar-refractivity contribution in [3.63, 3.8) is 0 Å². The van der Waals surface area contributed by atoms with Gasteiger partial charge in [0.05, 0.1) is 0 Å². The molecule has 2 heterocycles. The lowest BCUT2D eigenvalue weighted by Crippen LogP contribution is -2.16. The molecule has 0 radical (unpaired) electrons. The molecule has 1 saturated carbocycles. The van der Waals surface area contributed by atoms with E-state index in [1.54, 1.807) is 0 Å². The van der Waals surface area contributed by atoms with E-state index in [2.05, 4.69) is 20.6 Å². The lowest BCUT2D eigenvalue weighted by molar-refractivity contribution is 0.171. The van der Waals surface area contributed by atoms with Gasteiger partial charge in [-0.05, 0) is 31.9 Å². The number of nitrogens with zero attached hydrogens (tertiary/aromatic N) is 2. The van der Waals surface area contributed by atoms with E-state index >= 15 is 0 Å². The van der Waals surface area contributed by atoms with Crippen molar-refractivity contribution in [3.8, 4) is 11.5 Å². The number of aromatic nitrogens is 2. The van der Waals surface area contributed by atoms with Crippen LogP contribution in [0.4, 0.5) is 17.5 Å². The third-order valence-electron chi connectivity index (χ3n) is 4.36. The molecule has 1 aromatic carbocycles. The minimum atomic E-state index is 0.529. The summed E-state index contributed by atoms with van der Waals surface area (Å²) in [6.07, 6.45) is 5.02. The second kappa shape index (κ2) is 6.55. The molecule has 126 valence electrons. The molecule has 1 aromatic heterocycles. The molecule has 2 N–H and O–H groups in total. The molecule has 0 atom stereocenters. The Balaban J connectivity index is 1.52. The van der Waals surface area contributed by atoms with Crippen molar-refractivity contribution in [2.45, 2.75) is 38.6 Å². The first kappa shape index (κ1) is 15.1. The summed E-state index contributed by atoms with van der Waals surface area (Å²) in [5, 5.41) is 6.78. The molecule has 1 aliphatic carbocycles. The van der Waals surface area contributed by atoms with Gasteiger partial charge < -0.3 is 20.1 Å². The molecule has 6 nitrogen and oxygen atoms in total. The average Bonchev–Trinajstić information content (AvgIpc) is 3.07. The first-order valence-electron chi connectivity index (χ1n) is 8.55. The van der Waals surface area contributed by atoms with E-state index in [0.29, 0.717) is 25.2 Å². The number of hydrogen-bond acceptors (Lipinski definition) is 6. The van der Waals surface area contributed by atoms with E-state index in [1.165, 1.54) is 25.7 Å². The maximum atomic E-state index is 5.62. The number of hydrogen-bond donors (Lipinski definition) is 2. The maximum absolute atomic E-state index is 5.62. The Morgan fingerprint density at radius 1 is 1.00 bits per heavy atom. The molecule has 6 heteroatoms. The van der Waals surface area contributed by atoms with Crippen LogP contribution >= 0.6 is 0 Å². The summed E-state index contributed by atoms with van der Waals surface area (Å²) in [6.45, 7) is 3.15. The molecule has 0 spiro atoms. The average molecular weight is 326 g/mol. The minimum absolute atomic E-state index is 0.529. The summed E-state index contributed by atoms with van der Waals surface area (Å²) in [6, 6.07) is 8.30. The van der Waals surface area contributed by atoms with Gasteiger partial charge in [-0.15, -0.1) is 0 Å². The Hall–Kier alpha value is -2.50. The van der Waals surface area contributed by atoms with Gasteiger partial charge in [-0.1, -0.05) is 12.8 Å². The van der Waals surface area contributed by atoms with Crippen LogP contribution in [0.25, 0.3) is 0 Å². The van der Waals surface area contributed by atoms with Crippen LogP contribution in [0.5, 0.6) is 11.5 Å². The number of rotatable bonds is 4. The fourth-order valence-electron chi connectivity index (χ4n) is 3.23. The van der Waals surface area contributed by atoms with Crippen LogP contribution in [0, 0.1) is 6.92 Å². The Bertz CT molecular complexity index is 729. The van der Waals surface area contributed by atoms with Crippen molar-refractivity contribution in [1.29, 1.82) is 0 Å². The third kappa shape index (κ3) is 3.37. The molecule has 0 saturated heterocycles. The monoisotopic (exact) mass is 326 g/mol. The van der Waals surface area contributed by atoms with Crippen LogP contribution < -0.4 is 20.1 Å².